The molecule has 0 aliphatic rings. The van der Waals surface area contributed by atoms with Gasteiger partial charge in [0.2, 0.25) is 6.33 Å². The van der Waals surface area contributed by atoms with Gasteiger partial charge in [-0.1, -0.05) is 13.8 Å². The number of rotatable bonds is 4. The van der Waals surface area contributed by atoms with Gasteiger partial charge < -0.3 is 15.2 Å². The molecule has 1 aromatic heterocycles. The first kappa shape index (κ1) is 11.2. The Morgan fingerprint density at radius 3 is 2.60 bits per heavy atom. The number of imidazole rings is 1. The summed E-state index contributed by atoms with van der Waals surface area (Å²) in [6.07, 6.45) is 2.29. The predicted octanol–water partition coefficient (Wildman–Crippen LogP) is 1.07. The van der Waals surface area contributed by atoms with Crippen molar-refractivity contribution in [3.05, 3.63) is 22.6 Å². The second kappa shape index (κ2) is 4.07. The standard InChI is InChI=1S/C8H11N3O4/c1-5(2)7(8(12)13)10-3-6(9-4-10)11(14)15/h3-5,7H,1-2H3,(H,12,13). The second-order valence-electron chi connectivity index (χ2n) is 3.46. The Bertz CT molecular complexity index is 385. The van der Waals surface area contributed by atoms with Crippen molar-refractivity contribution in [3.63, 3.8) is 0 Å². The summed E-state index contributed by atoms with van der Waals surface area (Å²) in [5.41, 5.74) is 0. The Morgan fingerprint density at radius 2 is 2.27 bits per heavy atom. The van der Waals surface area contributed by atoms with Crippen LogP contribution in [0.4, 0.5) is 5.82 Å². The van der Waals surface area contributed by atoms with Gasteiger partial charge in [0.15, 0.2) is 0 Å². The third kappa shape index (κ3) is 2.30. The minimum absolute atomic E-state index is 0.170. The lowest BCUT2D eigenvalue weighted by molar-refractivity contribution is -0.389. The molecule has 1 heterocycles. The molecule has 1 rings (SSSR count). The smallest absolute Gasteiger partial charge is 0.381 e. The van der Waals surface area contributed by atoms with Crippen LogP contribution in [0.1, 0.15) is 19.9 Å². The van der Waals surface area contributed by atoms with E-state index in [0.717, 1.165) is 12.5 Å². The number of nitrogens with zero attached hydrogens (tertiary/aromatic N) is 3. The lowest BCUT2D eigenvalue weighted by Gasteiger charge is -2.15. The zero-order valence-electron chi connectivity index (χ0n) is 8.32. The van der Waals surface area contributed by atoms with E-state index in [4.69, 9.17) is 5.11 Å². The fourth-order valence-corrected chi connectivity index (χ4v) is 1.33. The second-order valence-corrected chi connectivity index (χ2v) is 3.46. The summed E-state index contributed by atoms with van der Waals surface area (Å²) in [6, 6.07) is -0.828. The largest absolute Gasteiger partial charge is 0.480 e. The number of hydrogen-bond donors (Lipinski definition) is 1. The molecule has 0 amide bonds. The Morgan fingerprint density at radius 1 is 1.67 bits per heavy atom. The fourth-order valence-electron chi connectivity index (χ4n) is 1.33. The minimum atomic E-state index is -1.03. The van der Waals surface area contributed by atoms with Crippen LogP contribution >= 0.6 is 0 Å². The minimum Gasteiger partial charge on any atom is -0.480 e. The van der Waals surface area contributed by atoms with Crippen molar-refractivity contribution in [2.45, 2.75) is 19.9 Å². The zero-order valence-corrected chi connectivity index (χ0v) is 8.32. The van der Waals surface area contributed by atoms with Gasteiger partial charge in [0.05, 0.1) is 0 Å². The molecule has 0 spiro atoms. The Hall–Kier alpha value is -1.92. The third-order valence-electron chi connectivity index (χ3n) is 1.98. The average molecular weight is 213 g/mol. The van der Waals surface area contributed by atoms with E-state index in [1.165, 1.54) is 4.57 Å². The van der Waals surface area contributed by atoms with Crippen LogP contribution in [0.3, 0.4) is 0 Å². The molecule has 1 atom stereocenters. The van der Waals surface area contributed by atoms with Gasteiger partial charge in [-0.15, -0.1) is 0 Å². The molecule has 0 aliphatic carbocycles. The molecule has 0 saturated carbocycles. The third-order valence-corrected chi connectivity index (χ3v) is 1.98. The van der Waals surface area contributed by atoms with E-state index in [2.05, 4.69) is 4.98 Å². The molecule has 0 saturated heterocycles. The maximum Gasteiger partial charge on any atom is 0.381 e. The molecule has 7 nitrogen and oxygen atoms in total. The number of aromatic nitrogens is 2. The van der Waals surface area contributed by atoms with Crippen LogP contribution in [0.15, 0.2) is 12.5 Å². The van der Waals surface area contributed by atoms with E-state index in [1.54, 1.807) is 13.8 Å². The molecule has 15 heavy (non-hydrogen) atoms. The predicted molar refractivity (Wildman–Crippen MR) is 50.4 cm³/mol. The van der Waals surface area contributed by atoms with Crippen LogP contribution in [0.25, 0.3) is 0 Å². The van der Waals surface area contributed by atoms with E-state index < -0.39 is 16.9 Å². The van der Waals surface area contributed by atoms with Crippen molar-refractivity contribution in [1.29, 1.82) is 0 Å². The van der Waals surface area contributed by atoms with Gasteiger partial charge in [0, 0.05) is 0 Å². The highest BCUT2D eigenvalue weighted by Gasteiger charge is 2.26. The van der Waals surface area contributed by atoms with Crippen LogP contribution < -0.4 is 0 Å². The number of carbonyl (C=O) groups is 1. The molecule has 0 bridgehead atoms. The molecule has 0 fully saturated rings. The summed E-state index contributed by atoms with van der Waals surface area (Å²) >= 11 is 0. The van der Waals surface area contributed by atoms with E-state index in [0.29, 0.717) is 0 Å². The lowest BCUT2D eigenvalue weighted by atomic mass is 10.1. The molecule has 1 aromatic rings. The zero-order chi connectivity index (χ0) is 11.6. The maximum absolute atomic E-state index is 10.9. The molecule has 0 aromatic carbocycles. The van der Waals surface area contributed by atoms with Crippen molar-refractivity contribution < 1.29 is 14.8 Å². The van der Waals surface area contributed by atoms with Crippen LogP contribution in [0, 0.1) is 16.0 Å². The molecule has 1 unspecified atom stereocenters. The van der Waals surface area contributed by atoms with Gasteiger partial charge in [-0.2, -0.15) is 0 Å². The summed E-state index contributed by atoms with van der Waals surface area (Å²) in [4.78, 5) is 24.1. The van der Waals surface area contributed by atoms with Gasteiger partial charge >= 0.3 is 11.8 Å². The van der Waals surface area contributed by atoms with Crippen LogP contribution in [0.2, 0.25) is 0 Å². The summed E-state index contributed by atoms with van der Waals surface area (Å²) in [7, 11) is 0. The fraction of sp³-hybridized carbons (Fsp3) is 0.500. The first-order valence-electron chi connectivity index (χ1n) is 4.34. The van der Waals surface area contributed by atoms with E-state index in [1.807, 2.05) is 0 Å². The first-order valence-corrected chi connectivity index (χ1v) is 4.34. The number of carboxylic acids is 1. The van der Waals surface area contributed by atoms with Gasteiger partial charge in [-0.3, -0.25) is 4.57 Å². The average Bonchev–Trinajstić information content (AvgIpc) is 2.51. The van der Waals surface area contributed by atoms with E-state index in [-0.39, 0.29) is 11.7 Å². The van der Waals surface area contributed by atoms with E-state index >= 15 is 0 Å². The summed E-state index contributed by atoms with van der Waals surface area (Å²) in [6.45, 7) is 3.45. The number of nitro groups is 1. The quantitative estimate of drug-likeness (QED) is 0.595. The van der Waals surface area contributed by atoms with Crippen LogP contribution in [0.5, 0.6) is 0 Å². The van der Waals surface area contributed by atoms with Crippen molar-refractivity contribution in [2.75, 3.05) is 0 Å². The van der Waals surface area contributed by atoms with Gasteiger partial charge in [0.25, 0.3) is 0 Å². The van der Waals surface area contributed by atoms with Gasteiger partial charge in [-0.05, 0) is 15.8 Å². The Balaban J connectivity index is 3.02. The summed E-state index contributed by atoms with van der Waals surface area (Å²) < 4.78 is 1.24. The first-order chi connectivity index (χ1) is 6.93. The molecule has 82 valence electrons. The Labute approximate surface area is 85.5 Å². The maximum atomic E-state index is 10.9. The van der Waals surface area contributed by atoms with Crippen LogP contribution in [-0.2, 0) is 4.79 Å². The molecule has 7 heteroatoms. The highest BCUT2D eigenvalue weighted by Crippen LogP contribution is 2.20. The highest BCUT2D eigenvalue weighted by molar-refractivity contribution is 5.72. The SMILES string of the molecule is CC(C)C(C(=O)O)n1cnc([N+](=O)[O-])c1. The monoisotopic (exact) mass is 213 g/mol. The molecular formula is C8H11N3O4. The molecular weight excluding hydrogens is 202 g/mol. The van der Waals surface area contributed by atoms with Crippen LogP contribution in [-0.4, -0.2) is 25.6 Å². The van der Waals surface area contributed by atoms with Crippen molar-refractivity contribution in [2.24, 2.45) is 5.92 Å². The van der Waals surface area contributed by atoms with Crippen molar-refractivity contribution >= 4 is 11.8 Å². The number of hydrogen-bond acceptors (Lipinski definition) is 4. The number of carboxylic acid groups (broad SMARTS) is 1. The Kier molecular flexibility index (Phi) is 3.03. The topological polar surface area (TPSA) is 98.3 Å². The molecule has 0 aliphatic heterocycles. The van der Waals surface area contributed by atoms with Crippen molar-refractivity contribution in [3.8, 4) is 0 Å². The molecule has 0 radical (unpaired) electrons. The summed E-state index contributed by atoms with van der Waals surface area (Å²) in [5.74, 6) is -1.55. The number of aliphatic carboxylic acids is 1. The normalized spacial score (nSPS) is 12.7. The molecule has 1 N–H and O–H groups in total. The van der Waals surface area contributed by atoms with Gasteiger partial charge in [0.1, 0.15) is 12.2 Å². The van der Waals surface area contributed by atoms with Crippen molar-refractivity contribution in [1.82, 2.24) is 9.55 Å². The van der Waals surface area contributed by atoms with E-state index in [9.17, 15) is 14.9 Å². The summed E-state index contributed by atoms with van der Waals surface area (Å²) in [5, 5.41) is 19.3. The highest BCUT2D eigenvalue weighted by atomic mass is 16.6. The lowest BCUT2D eigenvalue weighted by Crippen LogP contribution is -2.22. The van der Waals surface area contributed by atoms with Gasteiger partial charge in [-0.25, -0.2) is 4.79 Å².